The van der Waals surface area contributed by atoms with Gasteiger partial charge in [-0.15, -0.1) is 0 Å². The van der Waals surface area contributed by atoms with Crippen LogP contribution in [0.15, 0.2) is 59.3 Å². The lowest BCUT2D eigenvalue weighted by Crippen LogP contribution is -2.02. The summed E-state index contributed by atoms with van der Waals surface area (Å²) in [5.41, 5.74) is 1.97. The van der Waals surface area contributed by atoms with Crippen LogP contribution in [-0.4, -0.2) is 21.7 Å². The van der Waals surface area contributed by atoms with Crippen molar-refractivity contribution in [2.24, 2.45) is 0 Å². The summed E-state index contributed by atoms with van der Waals surface area (Å²) in [7, 11) is 0. The Kier molecular flexibility index (Phi) is 4.25. The van der Waals surface area contributed by atoms with Crippen molar-refractivity contribution in [3.63, 3.8) is 0 Å². The van der Waals surface area contributed by atoms with E-state index in [4.69, 9.17) is 4.52 Å². The van der Waals surface area contributed by atoms with E-state index in [0.717, 1.165) is 16.9 Å². The molecule has 1 aromatic carbocycles. The number of hydrogen-bond donors (Lipinski definition) is 1. The van der Waals surface area contributed by atoms with Crippen LogP contribution in [0.5, 0.6) is 0 Å². The summed E-state index contributed by atoms with van der Waals surface area (Å²) in [5, 5.41) is 7.08. The molecule has 0 aliphatic heterocycles. The molecule has 0 saturated heterocycles. The van der Waals surface area contributed by atoms with Crippen LogP contribution in [0, 0.1) is 6.92 Å². The Balaban J connectivity index is 1.69. The van der Waals surface area contributed by atoms with Gasteiger partial charge in [0.1, 0.15) is 5.82 Å². The van der Waals surface area contributed by atoms with Crippen LogP contribution in [0.3, 0.4) is 0 Å². The summed E-state index contributed by atoms with van der Waals surface area (Å²) >= 11 is 0. The second-order valence-electron chi connectivity index (χ2n) is 4.74. The molecule has 3 aromatic rings. The van der Waals surface area contributed by atoms with E-state index >= 15 is 0 Å². The number of nitrogens with zero attached hydrogens (tertiary/aromatic N) is 3. The average Bonchev–Trinajstić information content (AvgIpc) is 2.99. The van der Waals surface area contributed by atoms with Gasteiger partial charge in [0.05, 0.1) is 5.56 Å². The van der Waals surface area contributed by atoms with Crippen molar-refractivity contribution in [1.29, 1.82) is 0 Å². The fourth-order valence-corrected chi connectivity index (χ4v) is 2.04. The molecule has 0 saturated carbocycles. The van der Waals surface area contributed by atoms with Crippen molar-refractivity contribution in [2.45, 2.75) is 6.92 Å². The topological polar surface area (TPSA) is 63.8 Å². The summed E-state index contributed by atoms with van der Waals surface area (Å²) in [6, 6.07) is 13.9. The Bertz CT molecular complexity index is 765. The van der Waals surface area contributed by atoms with Gasteiger partial charge in [0.2, 0.25) is 0 Å². The van der Waals surface area contributed by atoms with Gasteiger partial charge < -0.3 is 9.84 Å². The van der Waals surface area contributed by atoms with E-state index in [1.54, 1.807) is 13.1 Å². The van der Waals surface area contributed by atoms with Crippen molar-refractivity contribution >= 4 is 11.9 Å². The highest BCUT2D eigenvalue weighted by molar-refractivity contribution is 5.68. The maximum atomic E-state index is 5.21. The van der Waals surface area contributed by atoms with Gasteiger partial charge in [-0.05, 0) is 24.6 Å². The van der Waals surface area contributed by atoms with Gasteiger partial charge >= 0.3 is 0 Å². The standard InChI is InChI=1S/C17H16N4O/c1-13-20-17(22-21-13)15-10-6-12-19-16(15)18-11-5-9-14-7-3-2-4-8-14/h2-10,12H,11H2,1H3,(H,18,19)/b9-5+. The number of anilines is 1. The van der Waals surface area contributed by atoms with Crippen molar-refractivity contribution in [1.82, 2.24) is 15.1 Å². The Hall–Kier alpha value is -2.95. The van der Waals surface area contributed by atoms with Crippen molar-refractivity contribution in [2.75, 3.05) is 11.9 Å². The maximum absolute atomic E-state index is 5.21. The Morgan fingerprint density at radius 2 is 2.00 bits per heavy atom. The second-order valence-corrected chi connectivity index (χ2v) is 4.74. The van der Waals surface area contributed by atoms with E-state index in [9.17, 15) is 0 Å². The lowest BCUT2D eigenvalue weighted by Gasteiger charge is -2.05. The number of pyridine rings is 1. The molecule has 2 aromatic heterocycles. The minimum atomic E-state index is 0.472. The predicted molar refractivity (Wildman–Crippen MR) is 86.2 cm³/mol. The second kappa shape index (κ2) is 6.67. The highest BCUT2D eigenvalue weighted by Gasteiger charge is 2.11. The van der Waals surface area contributed by atoms with Gasteiger partial charge in [-0.25, -0.2) is 4.98 Å². The third kappa shape index (κ3) is 3.38. The van der Waals surface area contributed by atoms with Crippen LogP contribution in [0.2, 0.25) is 0 Å². The van der Waals surface area contributed by atoms with Crippen LogP contribution in [0.1, 0.15) is 11.4 Å². The van der Waals surface area contributed by atoms with Crippen LogP contribution in [0.25, 0.3) is 17.5 Å². The monoisotopic (exact) mass is 292 g/mol. The Morgan fingerprint density at radius 1 is 1.14 bits per heavy atom. The number of aromatic nitrogens is 3. The minimum absolute atomic E-state index is 0.472. The molecular formula is C17H16N4O. The first-order chi connectivity index (χ1) is 10.8. The first-order valence-electron chi connectivity index (χ1n) is 7.04. The van der Waals surface area contributed by atoms with Gasteiger partial charge in [-0.3, -0.25) is 0 Å². The van der Waals surface area contributed by atoms with E-state index in [2.05, 4.69) is 38.7 Å². The molecule has 0 spiro atoms. The molecule has 0 amide bonds. The normalized spacial score (nSPS) is 11.0. The molecular weight excluding hydrogens is 276 g/mol. The molecule has 5 nitrogen and oxygen atoms in total. The zero-order chi connectivity index (χ0) is 15.2. The molecule has 22 heavy (non-hydrogen) atoms. The molecule has 0 aliphatic rings. The molecule has 0 fully saturated rings. The fourth-order valence-electron chi connectivity index (χ4n) is 2.04. The van der Waals surface area contributed by atoms with Crippen LogP contribution < -0.4 is 5.32 Å². The van der Waals surface area contributed by atoms with Gasteiger partial charge in [-0.2, -0.15) is 4.98 Å². The van der Waals surface area contributed by atoms with E-state index < -0.39 is 0 Å². The quantitative estimate of drug-likeness (QED) is 0.779. The number of hydrogen-bond acceptors (Lipinski definition) is 5. The molecule has 1 N–H and O–H groups in total. The zero-order valence-corrected chi connectivity index (χ0v) is 12.2. The molecule has 2 heterocycles. The number of benzene rings is 1. The average molecular weight is 292 g/mol. The largest absolute Gasteiger partial charge is 0.366 e. The lowest BCUT2D eigenvalue weighted by molar-refractivity contribution is 0.425. The summed E-state index contributed by atoms with van der Waals surface area (Å²) in [5.74, 6) is 1.80. The van der Waals surface area contributed by atoms with Crippen LogP contribution >= 0.6 is 0 Å². The zero-order valence-electron chi connectivity index (χ0n) is 12.2. The predicted octanol–water partition coefficient (Wildman–Crippen LogP) is 3.57. The Morgan fingerprint density at radius 3 is 2.77 bits per heavy atom. The van der Waals surface area contributed by atoms with Gasteiger partial charge in [0, 0.05) is 12.7 Å². The third-order valence-corrected chi connectivity index (χ3v) is 3.06. The molecule has 110 valence electrons. The van der Waals surface area contributed by atoms with Crippen molar-refractivity contribution in [3.05, 3.63) is 66.1 Å². The number of rotatable bonds is 5. The summed E-state index contributed by atoms with van der Waals surface area (Å²) in [6.45, 7) is 2.45. The third-order valence-electron chi connectivity index (χ3n) is 3.06. The molecule has 5 heteroatoms. The smallest absolute Gasteiger partial charge is 0.261 e. The Labute approximate surface area is 128 Å². The van der Waals surface area contributed by atoms with Gasteiger partial charge in [0.15, 0.2) is 5.82 Å². The van der Waals surface area contributed by atoms with Crippen molar-refractivity contribution in [3.8, 4) is 11.5 Å². The minimum Gasteiger partial charge on any atom is -0.366 e. The first-order valence-corrected chi connectivity index (χ1v) is 7.04. The van der Waals surface area contributed by atoms with Crippen LogP contribution in [-0.2, 0) is 0 Å². The summed E-state index contributed by atoms with van der Waals surface area (Å²) in [6.07, 6.45) is 5.84. The van der Waals surface area contributed by atoms with Crippen molar-refractivity contribution < 1.29 is 4.52 Å². The molecule has 0 bridgehead atoms. The highest BCUT2D eigenvalue weighted by atomic mass is 16.5. The lowest BCUT2D eigenvalue weighted by atomic mass is 10.2. The number of nitrogens with one attached hydrogen (secondary N) is 1. The SMILES string of the molecule is Cc1noc(-c2cccnc2NC/C=C/c2ccccc2)n1. The van der Waals surface area contributed by atoms with Gasteiger partial charge in [-0.1, -0.05) is 47.6 Å². The van der Waals surface area contributed by atoms with E-state index in [0.29, 0.717) is 18.3 Å². The summed E-state index contributed by atoms with van der Waals surface area (Å²) in [4.78, 5) is 8.58. The maximum Gasteiger partial charge on any atom is 0.261 e. The molecule has 0 unspecified atom stereocenters. The molecule has 0 aliphatic carbocycles. The number of aryl methyl sites for hydroxylation is 1. The van der Waals surface area contributed by atoms with Gasteiger partial charge in [0.25, 0.3) is 5.89 Å². The van der Waals surface area contributed by atoms with E-state index in [-0.39, 0.29) is 0 Å². The van der Waals surface area contributed by atoms with E-state index in [1.807, 2.05) is 36.4 Å². The highest BCUT2D eigenvalue weighted by Crippen LogP contribution is 2.23. The molecule has 0 radical (unpaired) electrons. The fraction of sp³-hybridized carbons (Fsp3) is 0.118. The van der Waals surface area contributed by atoms with E-state index in [1.165, 1.54) is 0 Å². The first kappa shape index (κ1) is 14.0. The molecule has 0 atom stereocenters. The molecule has 3 rings (SSSR count). The van der Waals surface area contributed by atoms with Crippen LogP contribution in [0.4, 0.5) is 5.82 Å². The summed E-state index contributed by atoms with van der Waals surface area (Å²) < 4.78 is 5.21.